The fourth-order valence-electron chi connectivity index (χ4n) is 3.32. The summed E-state index contributed by atoms with van der Waals surface area (Å²) in [4.78, 5) is 26.8. The molecule has 0 aliphatic carbocycles. The Morgan fingerprint density at radius 1 is 1.11 bits per heavy atom. The predicted molar refractivity (Wildman–Crippen MR) is 131 cm³/mol. The highest BCUT2D eigenvalue weighted by molar-refractivity contribution is 5.72. The van der Waals surface area contributed by atoms with E-state index in [2.05, 4.69) is 15.0 Å². The van der Waals surface area contributed by atoms with Gasteiger partial charge in [-0.25, -0.2) is 14.2 Å². The molecule has 8 nitrogen and oxygen atoms in total. The van der Waals surface area contributed by atoms with Crippen LogP contribution in [0.15, 0.2) is 48.5 Å². The van der Waals surface area contributed by atoms with Gasteiger partial charge in [0, 0.05) is 31.6 Å². The van der Waals surface area contributed by atoms with E-state index >= 15 is 0 Å². The van der Waals surface area contributed by atoms with Gasteiger partial charge in [-0.3, -0.25) is 0 Å². The van der Waals surface area contributed by atoms with E-state index in [-0.39, 0.29) is 18.2 Å². The second-order valence-corrected chi connectivity index (χ2v) is 8.38. The molecule has 0 amide bonds. The van der Waals surface area contributed by atoms with Crippen LogP contribution in [0.4, 0.5) is 10.3 Å². The number of aliphatic carboxylic acids is 1. The maximum Gasteiger partial charge on any atom is 0.333 e. The van der Waals surface area contributed by atoms with Crippen molar-refractivity contribution in [3.8, 4) is 17.1 Å². The number of carbonyl (C=O) groups is 1. The molecule has 3 rings (SSSR count). The first kappa shape index (κ1) is 26.0. The Morgan fingerprint density at radius 2 is 1.86 bits per heavy atom. The minimum atomic E-state index is -0.977. The first-order valence-corrected chi connectivity index (χ1v) is 11.6. The average molecular weight is 483 g/mol. The average Bonchev–Trinajstić information content (AvgIpc) is 2.84. The molecule has 0 bridgehead atoms. The molecule has 2 aromatic carbocycles. The van der Waals surface area contributed by atoms with E-state index in [0.29, 0.717) is 48.7 Å². The number of anilines is 1. The van der Waals surface area contributed by atoms with Crippen LogP contribution >= 0.6 is 0 Å². The number of likely N-dealkylation sites (N-methyl/N-ethyl adjacent to an activating group) is 1. The van der Waals surface area contributed by atoms with Gasteiger partial charge in [0.1, 0.15) is 24.0 Å². The van der Waals surface area contributed by atoms with Crippen LogP contribution in [0.1, 0.15) is 38.1 Å². The van der Waals surface area contributed by atoms with Crippen molar-refractivity contribution in [3.05, 3.63) is 65.7 Å². The molecule has 1 unspecified atom stereocenters. The predicted octanol–water partition coefficient (Wildman–Crippen LogP) is 4.35. The minimum Gasteiger partial charge on any atom is -0.492 e. The molecule has 186 valence electrons. The SMILES string of the molecule is CCOC(Cc1ccc(OCCN(C)c2nc(-c3cccc(F)c3)nc(C(C)C)n2)cc1)C(=O)O. The molecule has 1 atom stereocenters. The summed E-state index contributed by atoms with van der Waals surface area (Å²) < 4.78 is 24.8. The number of hydrogen-bond donors (Lipinski definition) is 1. The summed E-state index contributed by atoms with van der Waals surface area (Å²) in [5.41, 5.74) is 1.45. The highest BCUT2D eigenvalue weighted by Crippen LogP contribution is 2.21. The molecule has 0 saturated carbocycles. The van der Waals surface area contributed by atoms with Crippen LogP contribution < -0.4 is 9.64 Å². The molecule has 3 aromatic rings. The molecule has 0 saturated heterocycles. The van der Waals surface area contributed by atoms with Crippen LogP contribution in [0.25, 0.3) is 11.4 Å². The van der Waals surface area contributed by atoms with Crippen molar-refractivity contribution in [3.63, 3.8) is 0 Å². The first-order valence-electron chi connectivity index (χ1n) is 11.6. The van der Waals surface area contributed by atoms with Crippen molar-refractivity contribution in [1.29, 1.82) is 0 Å². The van der Waals surface area contributed by atoms with Gasteiger partial charge in [0.2, 0.25) is 5.95 Å². The van der Waals surface area contributed by atoms with Crippen LogP contribution in [0.5, 0.6) is 5.75 Å². The number of nitrogens with zero attached hydrogens (tertiary/aromatic N) is 4. The third kappa shape index (κ3) is 7.45. The molecule has 0 fully saturated rings. The van der Waals surface area contributed by atoms with Crippen molar-refractivity contribution in [1.82, 2.24) is 15.0 Å². The van der Waals surface area contributed by atoms with E-state index in [1.54, 1.807) is 19.1 Å². The number of carboxylic acid groups (broad SMARTS) is 1. The molecular weight excluding hydrogens is 451 g/mol. The summed E-state index contributed by atoms with van der Waals surface area (Å²) in [6, 6.07) is 13.5. The molecular formula is C26H31FN4O4. The summed E-state index contributed by atoms with van der Waals surface area (Å²) in [5.74, 6) is 0.963. The number of halogens is 1. The molecule has 0 aliphatic rings. The highest BCUT2D eigenvalue weighted by atomic mass is 19.1. The number of carboxylic acids is 1. The lowest BCUT2D eigenvalue weighted by Crippen LogP contribution is -2.27. The van der Waals surface area contributed by atoms with Crippen molar-refractivity contribution in [2.24, 2.45) is 0 Å². The van der Waals surface area contributed by atoms with E-state index < -0.39 is 12.1 Å². The van der Waals surface area contributed by atoms with Gasteiger partial charge in [-0.05, 0) is 36.8 Å². The van der Waals surface area contributed by atoms with Crippen molar-refractivity contribution >= 4 is 11.9 Å². The summed E-state index contributed by atoms with van der Waals surface area (Å²) in [6.45, 7) is 6.99. The maximum atomic E-state index is 13.7. The third-order valence-corrected chi connectivity index (χ3v) is 5.26. The van der Waals surface area contributed by atoms with E-state index in [9.17, 15) is 14.3 Å². The van der Waals surface area contributed by atoms with E-state index in [4.69, 9.17) is 9.47 Å². The zero-order valence-corrected chi connectivity index (χ0v) is 20.4. The molecule has 1 N–H and O–H groups in total. The Morgan fingerprint density at radius 3 is 2.49 bits per heavy atom. The molecule has 9 heteroatoms. The Kier molecular flexibility index (Phi) is 9.08. The normalized spacial score (nSPS) is 11.9. The maximum absolute atomic E-state index is 13.7. The van der Waals surface area contributed by atoms with Crippen LogP contribution in [0, 0.1) is 5.82 Å². The van der Waals surface area contributed by atoms with Gasteiger partial charge in [-0.15, -0.1) is 0 Å². The van der Waals surface area contributed by atoms with Gasteiger partial charge < -0.3 is 19.5 Å². The number of aromatic nitrogens is 3. The van der Waals surface area contributed by atoms with Gasteiger partial charge in [0.15, 0.2) is 11.9 Å². The summed E-state index contributed by atoms with van der Waals surface area (Å²) in [6.07, 6.45) is -0.578. The minimum absolute atomic E-state index is 0.0793. The molecule has 1 aromatic heterocycles. The zero-order valence-electron chi connectivity index (χ0n) is 20.4. The quantitative estimate of drug-likeness (QED) is 0.407. The van der Waals surface area contributed by atoms with Gasteiger partial charge in [0.25, 0.3) is 0 Å². The number of benzene rings is 2. The Balaban J connectivity index is 1.63. The Hall–Kier alpha value is -3.59. The smallest absolute Gasteiger partial charge is 0.333 e. The van der Waals surface area contributed by atoms with E-state index in [1.165, 1.54) is 12.1 Å². The molecule has 35 heavy (non-hydrogen) atoms. The number of rotatable bonds is 12. The first-order chi connectivity index (χ1) is 16.8. The van der Waals surface area contributed by atoms with Gasteiger partial charge in [0.05, 0.1) is 6.54 Å². The van der Waals surface area contributed by atoms with Crippen LogP contribution in [0.2, 0.25) is 0 Å². The second kappa shape index (κ2) is 12.2. The summed E-state index contributed by atoms with van der Waals surface area (Å²) >= 11 is 0. The van der Waals surface area contributed by atoms with Crippen LogP contribution in [0.3, 0.4) is 0 Å². The molecule has 0 aliphatic heterocycles. The number of hydrogen-bond acceptors (Lipinski definition) is 7. The summed E-state index contributed by atoms with van der Waals surface area (Å²) in [7, 11) is 1.86. The fourth-order valence-corrected chi connectivity index (χ4v) is 3.32. The zero-order chi connectivity index (χ0) is 25.4. The lowest BCUT2D eigenvalue weighted by atomic mass is 10.1. The Labute approximate surface area is 204 Å². The van der Waals surface area contributed by atoms with Crippen molar-refractivity contribution < 1.29 is 23.8 Å². The largest absolute Gasteiger partial charge is 0.492 e. The van der Waals surface area contributed by atoms with E-state index in [0.717, 1.165) is 5.56 Å². The lowest BCUT2D eigenvalue weighted by Gasteiger charge is -2.19. The third-order valence-electron chi connectivity index (χ3n) is 5.26. The molecule has 0 spiro atoms. The monoisotopic (exact) mass is 482 g/mol. The second-order valence-electron chi connectivity index (χ2n) is 8.38. The lowest BCUT2D eigenvalue weighted by molar-refractivity contribution is -0.149. The van der Waals surface area contributed by atoms with E-state index in [1.807, 2.05) is 50.1 Å². The fraction of sp³-hybridized carbons (Fsp3) is 0.385. The highest BCUT2D eigenvalue weighted by Gasteiger charge is 2.18. The van der Waals surface area contributed by atoms with Crippen molar-refractivity contribution in [2.75, 3.05) is 31.7 Å². The Bertz CT molecular complexity index is 1120. The topological polar surface area (TPSA) is 97.7 Å². The van der Waals surface area contributed by atoms with Crippen molar-refractivity contribution in [2.45, 2.75) is 39.2 Å². The summed E-state index contributed by atoms with van der Waals surface area (Å²) in [5, 5.41) is 9.24. The number of ether oxygens (including phenoxy) is 2. The molecule has 1 heterocycles. The van der Waals surface area contributed by atoms with Gasteiger partial charge >= 0.3 is 5.97 Å². The van der Waals surface area contributed by atoms with Crippen LogP contribution in [-0.4, -0.2) is 58.9 Å². The van der Waals surface area contributed by atoms with Gasteiger partial charge in [-0.1, -0.05) is 38.1 Å². The van der Waals surface area contributed by atoms with Crippen LogP contribution in [-0.2, 0) is 16.0 Å². The van der Waals surface area contributed by atoms with Gasteiger partial charge in [-0.2, -0.15) is 9.97 Å². The standard InChI is InChI=1S/C26H31FN4O4/c1-5-34-22(25(32)33)15-18-9-11-21(12-10-18)35-14-13-31(4)26-29-23(17(2)3)28-24(30-26)19-7-6-8-20(27)16-19/h6-12,16-17,22H,5,13-15H2,1-4H3,(H,32,33). The molecule has 0 radical (unpaired) electrons.